The number of anilines is 1. The van der Waals surface area contributed by atoms with Crippen LogP contribution in [-0.4, -0.2) is 29.7 Å². The van der Waals surface area contributed by atoms with Gasteiger partial charge in [-0.05, 0) is 43.0 Å². The van der Waals surface area contributed by atoms with E-state index in [1.807, 2.05) is 12.1 Å². The molecule has 1 unspecified atom stereocenters. The molecule has 3 nitrogen and oxygen atoms in total. The summed E-state index contributed by atoms with van der Waals surface area (Å²) in [5.74, 6) is 0.660. The van der Waals surface area contributed by atoms with E-state index >= 15 is 0 Å². The zero-order chi connectivity index (χ0) is 12.3. The van der Waals surface area contributed by atoms with Crippen LogP contribution in [0.3, 0.4) is 0 Å². The lowest BCUT2D eigenvalue weighted by molar-refractivity contribution is 0.249. The van der Waals surface area contributed by atoms with Crippen molar-refractivity contribution in [1.82, 2.24) is 4.90 Å². The number of aliphatic hydroxyl groups excluding tert-OH is 1. The average Bonchev–Trinajstić information content (AvgIpc) is 2.71. The first-order valence-corrected chi connectivity index (χ1v) is 6.85. The molecule has 0 spiro atoms. The Morgan fingerprint density at radius 1 is 1.47 bits per heavy atom. The molecule has 1 aliphatic heterocycles. The van der Waals surface area contributed by atoms with Gasteiger partial charge in [0.05, 0.1) is 0 Å². The number of hydrogen-bond acceptors (Lipinski definition) is 3. The third-order valence-corrected chi connectivity index (χ3v) is 4.12. The first kappa shape index (κ1) is 12.9. The van der Waals surface area contributed by atoms with Crippen molar-refractivity contribution < 1.29 is 5.11 Å². The number of rotatable bonds is 4. The summed E-state index contributed by atoms with van der Waals surface area (Å²) in [5, 5.41) is 8.94. The van der Waals surface area contributed by atoms with E-state index in [1.54, 1.807) is 0 Å². The predicted molar refractivity (Wildman–Crippen MR) is 73.6 cm³/mol. The Kier molecular flexibility index (Phi) is 4.42. The molecule has 4 heteroatoms. The number of halogens is 1. The Hall–Kier alpha value is -0.580. The highest BCUT2D eigenvalue weighted by Crippen LogP contribution is 2.25. The fraction of sp³-hybridized carbons (Fsp3) is 0.538. The Balaban J connectivity index is 1.93. The topological polar surface area (TPSA) is 49.5 Å². The summed E-state index contributed by atoms with van der Waals surface area (Å²) in [4.78, 5) is 2.44. The minimum Gasteiger partial charge on any atom is -0.399 e. The van der Waals surface area contributed by atoms with Gasteiger partial charge in [0.15, 0.2) is 0 Å². The lowest BCUT2D eigenvalue weighted by atomic mass is 10.1. The second-order valence-corrected chi connectivity index (χ2v) is 5.61. The van der Waals surface area contributed by atoms with Crippen molar-refractivity contribution in [3.63, 3.8) is 0 Å². The van der Waals surface area contributed by atoms with E-state index in [9.17, 15) is 0 Å². The lowest BCUT2D eigenvalue weighted by Crippen LogP contribution is -2.20. The molecule has 1 atom stereocenters. The van der Waals surface area contributed by atoms with Crippen LogP contribution in [0.25, 0.3) is 0 Å². The highest BCUT2D eigenvalue weighted by Gasteiger charge is 2.22. The zero-order valence-electron chi connectivity index (χ0n) is 9.90. The highest BCUT2D eigenvalue weighted by molar-refractivity contribution is 9.10. The molecule has 1 fully saturated rings. The Morgan fingerprint density at radius 2 is 2.29 bits per heavy atom. The van der Waals surface area contributed by atoms with Gasteiger partial charge in [0.1, 0.15) is 0 Å². The molecule has 2 rings (SSSR count). The summed E-state index contributed by atoms with van der Waals surface area (Å²) >= 11 is 3.55. The summed E-state index contributed by atoms with van der Waals surface area (Å²) in [7, 11) is 0. The van der Waals surface area contributed by atoms with Crippen LogP contribution in [0.5, 0.6) is 0 Å². The van der Waals surface area contributed by atoms with E-state index in [1.165, 1.54) is 12.0 Å². The minimum absolute atomic E-state index is 0.310. The Bertz CT molecular complexity index is 384. The van der Waals surface area contributed by atoms with E-state index in [0.29, 0.717) is 12.5 Å². The van der Waals surface area contributed by atoms with Crippen LogP contribution in [0, 0.1) is 5.92 Å². The van der Waals surface area contributed by atoms with Crippen molar-refractivity contribution in [1.29, 1.82) is 0 Å². The van der Waals surface area contributed by atoms with E-state index in [2.05, 4.69) is 26.9 Å². The molecule has 3 N–H and O–H groups in total. The van der Waals surface area contributed by atoms with Crippen molar-refractivity contribution in [3.05, 3.63) is 28.2 Å². The number of nitrogen functional groups attached to an aromatic ring is 1. The van der Waals surface area contributed by atoms with Gasteiger partial charge in [-0.1, -0.05) is 22.0 Å². The van der Waals surface area contributed by atoms with Gasteiger partial charge in [-0.25, -0.2) is 0 Å². The lowest BCUT2D eigenvalue weighted by Gasteiger charge is -2.17. The molecule has 0 bridgehead atoms. The largest absolute Gasteiger partial charge is 0.399 e. The normalized spacial score (nSPS) is 20.9. The van der Waals surface area contributed by atoms with Crippen LogP contribution >= 0.6 is 15.9 Å². The first-order valence-electron chi connectivity index (χ1n) is 6.06. The van der Waals surface area contributed by atoms with Crippen LogP contribution in [0.15, 0.2) is 22.7 Å². The van der Waals surface area contributed by atoms with Crippen LogP contribution in [0.2, 0.25) is 0 Å². The maximum absolute atomic E-state index is 8.94. The molecule has 94 valence electrons. The molecule has 0 radical (unpaired) electrons. The van der Waals surface area contributed by atoms with Gasteiger partial charge >= 0.3 is 0 Å². The summed E-state index contributed by atoms with van der Waals surface area (Å²) in [6, 6.07) is 5.98. The summed E-state index contributed by atoms with van der Waals surface area (Å²) in [5.41, 5.74) is 7.80. The monoisotopic (exact) mass is 298 g/mol. The van der Waals surface area contributed by atoms with Crippen LogP contribution < -0.4 is 5.73 Å². The van der Waals surface area contributed by atoms with E-state index < -0.39 is 0 Å². The number of aliphatic hydroxyl groups is 1. The minimum atomic E-state index is 0.310. The van der Waals surface area contributed by atoms with E-state index in [4.69, 9.17) is 10.8 Å². The number of nitrogens with two attached hydrogens (primary N) is 1. The van der Waals surface area contributed by atoms with Gasteiger partial charge in [0.2, 0.25) is 0 Å². The zero-order valence-corrected chi connectivity index (χ0v) is 11.5. The van der Waals surface area contributed by atoms with Gasteiger partial charge in [0, 0.05) is 29.9 Å². The van der Waals surface area contributed by atoms with Gasteiger partial charge in [-0.2, -0.15) is 0 Å². The molecule has 17 heavy (non-hydrogen) atoms. The quantitative estimate of drug-likeness (QED) is 0.838. The summed E-state index contributed by atoms with van der Waals surface area (Å²) in [6.45, 7) is 3.49. The summed E-state index contributed by atoms with van der Waals surface area (Å²) in [6.07, 6.45) is 2.13. The Morgan fingerprint density at radius 3 is 3.00 bits per heavy atom. The van der Waals surface area contributed by atoms with Crippen LogP contribution in [-0.2, 0) is 6.54 Å². The van der Waals surface area contributed by atoms with Gasteiger partial charge in [0.25, 0.3) is 0 Å². The van der Waals surface area contributed by atoms with Crippen LogP contribution in [0.1, 0.15) is 18.4 Å². The van der Waals surface area contributed by atoms with E-state index in [0.717, 1.165) is 36.2 Å². The SMILES string of the molecule is Nc1ccc(CN2CCC(CCO)C2)c(Br)c1. The third kappa shape index (κ3) is 3.44. The fourth-order valence-corrected chi connectivity index (χ4v) is 2.93. The van der Waals surface area contributed by atoms with Crippen molar-refractivity contribution >= 4 is 21.6 Å². The molecular weight excluding hydrogens is 280 g/mol. The standard InChI is InChI=1S/C13H19BrN2O/c14-13-7-12(15)2-1-11(13)9-16-5-3-10(8-16)4-6-17/h1-2,7,10,17H,3-6,8-9,15H2. The number of likely N-dealkylation sites (tertiary alicyclic amines) is 1. The summed E-state index contributed by atoms with van der Waals surface area (Å²) < 4.78 is 1.09. The number of hydrogen-bond donors (Lipinski definition) is 2. The van der Waals surface area contributed by atoms with E-state index in [-0.39, 0.29) is 0 Å². The number of nitrogens with zero attached hydrogens (tertiary/aromatic N) is 1. The fourth-order valence-electron chi connectivity index (χ4n) is 2.41. The molecule has 0 amide bonds. The second kappa shape index (κ2) is 5.85. The Labute approximate surface area is 111 Å². The molecule has 1 aromatic carbocycles. The van der Waals surface area contributed by atoms with Crippen molar-refractivity contribution in [2.45, 2.75) is 19.4 Å². The molecule has 1 aromatic rings. The molecule has 1 saturated heterocycles. The molecule has 1 heterocycles. The van der Waals surface area contributed by atoms with Crippen molar-refractivity contribution in [2.24, 2.45) is 5.92 Å². The molecule has 0 aromatic heterocycles. The first-order chi connectivity index (χ1) is 8.19. The highest BCUT2D eigenvalue weighted by atomic mass is 79.9. The molecule has 0 saturated carbocycles. The molecular formula is C13H19BrN2O. The van der Waals surface area contributed by atoms with Crippen LogP contribution in [0.4, 0.5) is 5.69 Å². The second-order valence-electron chi connectivity index (χ2n) is 4.75. The third-order valence-electron chi connectivity index (χ3n) is 3.38. The molecule has 0 aliphatic carbocycles. The van der Waals surface area contributed by atoms with Crippen molar-refractivity contribution in [2.75, 3.05) is 25.4 Å². The van der Waals surface area contributed by atoms with Gasteiger partial charge in [-0.3, -0.25) is 4.90 Å². The van der Waals surface area contributed by atoms with Gasteiger partial charge < -0.3 is 10.8 Å². The maximum atomic E-state index is 8.94. The molecule has 1 aliphatic rings. The smallest absolute Gasteiger partial charge is 0.0434 e. The average molecular weight is 299 g/mol. The van der Waals surface area contributed by atoms with Crippen molar-refractivity contribution in [3.8, 4) is 0 Å². The maximum Gasteiger partial charge on any atom is 0.0434 e. The van der Waals surface area contributed by atoms with Gasteiger partial charge in [-0.15, -0.1) is 0 Å². The number of benzene rings is 1. The predicted octanol–water partition coefficient (Wildman–Crippen LogP) is 2.24.